The minimum absolute atomic E-state index is 0.457. The highest BCUT2D eigenvalue weighted by Gasteiger charge is 2.33. The highest BCUT2D eigenvalue weighted by molar-refractivity contribution is 5.37. The molecule has 2 N–H and O–H groups in total. The van der Waals surface area contributed by atoms with Gasteiger partial charge in [0.1, 0.15) is 0 Å². The maximum atomic E-state index is 12.3. The van der Waals surface area contributed by atoms with E-state index in [0.29, 0.717) is 18.9 Å². The van der Waals surface area contributed by atoms with Crippen LogP contribution in [0.2, 0.25) is 0 Å². The number of hydrogen-bond acceptors (Lipinski definition) is 4. The Bertz CT molecular complexity index is 350. The average molecular weight is 262 g/mol. The van der Waals surface area contributed by atoms with Gasteiger partial charge in [0.25, 0.3) is 0 Å². The van der Waals surface area contributed by atoms with Crippen LogP contribution in [0.25, 0.3) is 0 Å². The van der Waals surface area contributed by atoms with Gasteiger partial charge in [-0.25, -0.2) is 0 Å². The lowest BCUT2D eigenvalue weighted by molar-refractivity contribution is -0.141. The highest BCUT2D eigenvalue weighted by atomic mass is 19.4. The first-order valence-corrected chi connectivity index (χ1v) is 5.85. The Balaban J connectivity index is 2.79. The van der Waals surface area contributed by atoms with Crippen molar-refractivity contribution < 1.29 is 13.2 Å². The molecule has 4 nitrogen and oxygen atoms in total. The number of aromatic nitrogens is 2. The molecule has 0 radical (unpaired) electrons. The quantitative estimate of drug-likeness (QED) is 0.852. The van der Waals surface area contributed by atoms with E-state index in [1.807, 2.05) is 11.8 Å². The van der Waals surface area contributed by atoms with Crippen molar-refractivity contribution in [3.63, 3.8) is 0 Å². The Kier molecular flexibility index (Phi) is 5.33. The lowest BCUT2D eigenvalue weighted by Crippen LogP contribution is -2.28. The smallest absolute Gasteiger partial charge is 0.355 e. The molecule has 1 rings (SSSR count). The third kappa shape index (κ3) is 4.14. The van der Waals surface area contributed by atoms with Gasteiger partial charge in [0.15, 0.2) is 11.5 Å². The summed E-state index contributed by atoms with van der Waals surface area (Å²) in [5.41, 5.74) is 4.45. The lowest BCUT2D eigenvalue weighted by Gasteiger charge is -2.22. The zero-order chi connectivity index (χ0) is 13.6. The number of anilines is 1. The maximum absolute atomic E-state index is 12.3. The third-order valence-corrected chi connectivity index (χ3v) is 2.39. The van der Waals surface area contributed by atoms with Gasteiger partial charge in [0.05, 0.1) is 0 Å². The number of hydrogen-bond donors (Lipinski definition) is 1. The lowest BCUT2D eigenvalue weighted by atomic mass is 10.3. The predicted octanol–water partition coefficient (Wildman–Crippen LogP) is 2.06. The van der Waals surface area contributed by atoms with E-state index in [0.717, 1.165) is 25.5 Å². The number of alkyl halides is 3. The minimum atomic E-state index is -4.45. The largest absolute Gasteiger partial charge is 0.435 e. The van der Waals surface area contributed by atoms with Crippen molar-refractivity contribution in [3.8, 4) is 0 Å². The van der Waals surface area contributed by atoms with Crippen LogP contribution in [0.15, 0.2) is 12.1 Å². The van der Waals surface area contributed by atoms with Gasteiger partial charge in [-0.3, -0.25) is 0 Å². The summed E-state index contributed by atoms with van der Waals surface area (Å²) in [5.74, 6) is 0.457. The van der Waals surface area contributed by atoms with Gasteiger partial charge in [0, 0.05) is 13.1 Å². The first-order valence-electron chi connectivity index (χ1n) is 5.85. The van der Waals surface area contributed by atoms with E-state index in [1.165, 1.54) is 6.07 Å². The molecule has 1 aromatic heterocycles. The second kappa shape index (κ2) is 6.53. The Morgan fingerprint density at radius 2 is 1.94 bits per heavy atom. The highest BCUT2D eigenvalue weighted by Crippen LogP contribution is 2.27. The van der Waals surface area contributed by atoms with Crippen molar-refractivity contribution in [2.45, 2.75) is 25.9 Å². The first kappa shape index (κ1) is 14.7. The van der Waals surface area contributed by atoms with E-state index in [-0.39, 0.29) is 0 Å². The van der Waals surface area contributed by atoms with E-state index < -0.39 is 11.9 Å². The first-order chi connectivity index (χ1) is 8.49. The molecule has 0 bridgehead atoms. The van der Waals surface area contributed by atoms with Crippen LogP contribution >= 0.6 is 0 Å². The number of nitrogens with two attached hydrogens (primary N) is 1. The van der Waals surface area contributed by atoms with Crippen LogP contribution in [-0.2, 0) is 6.18 Å². The van der Waals surface area contributed by atoms with Crippen LogP contribution in [0.5, 0.6) is 0 Å². The maximum Gasteiger partial charge on any atom is 0.435 e. The molecule has 0 aliphatic heterocycles. The SMILES string of the molecule is CCCN(CCCN)c1ccc(C(F)(F)F)nn1. The Morgan fingerprint density at radius 3 is 2.39 bits per heavy atom. The molecule has 1 heterocycles. The van der Waals surface area contributed by atoms with Crippen molar-refractivity contribution in [3.05, 3.63) is 17.8 Å². The van der Waals surface area contributed by atoms with Crippen molar-refractivity contribution >= 4 is 5.82 Å². The van der Waals surface area contributed by atoms with Gasteiger partial charge in [-0.1, -0.05) is 6.92 Å². The summed E-state index contributed by atoms with van der Waals surface area (Å²) in [6, 6.07) is 2.30. The molecule has 0 amide bonds. The Hall–Kier alpha value is -1.37. The van der Waals surface area contributed by atoms with Crippen LogP contribution in [0.4, 0.5) is 19.0 Å². The van der Waals surface area contributed by atoms with Crippen molar-refractivity contribution in [2.24, 2.45) is 5.73 Å². The van der Waals surface area contributed by atoms with E-state index in [4.69, 9.17) is 5.73 Å². The van der Waals surface area contributed by atoms with Gasteiger partial charge in [-0.2, -0.15) is 13.2 Å². The van der Waals surface area contributed by atoms with Gasteiger partial charge in [0.2, 0.25) is 0 Å². The normalized spacial score (nSPS) is 11.6. The van der Waals surface area contributed by atoms with E-state index >= 15 is 0 Å². The minimum Gasteiger partial charge on any atom is -0.355 e. The van der Waals surface area contributed by atoms with Crippen molar-refractivity contribution in [1.82, 2.24) is 10.2 Å². The fourth-order valence-electron chi connectivity index (χ4n) is 1.54. The summed E-state index contributed by atoms with van der Waals surface area (Å²) in [7, 11) is 0. The standard InChI is InChI=1S/C11H17F3N4/c1-2-7-18(8-3-6-15)10-5-4-9(16-17-10)11(12,13)14/h4-5H,2-3,6-8,15H2,1H3. The molecule has 7 heteroatoms. The van der Waals surface area contributed by atoms with Gasteiger partial charge in [-0.15, -0.1) is 10.2 Å². The summed E-state index contributed by atoms with van der Waals surface area (Å²) in [6.07, 6.45) is -2.80. The summed E-state index contributed by atoms with van der Waals surface area (Å²) in [5, 5.41) is 6.85. The molecule has 0 unspecified atom stereocenters. The number of rotatable bonds is 6. The molecule has 0 spiro atoms. The molecule has 0 saturated heterocycles. The van der Waals surface area contributed by atoms with Crippen molar-refractivity contribution in [2.75, 3.05) is 24.5 Å². The molecule has 18 heavy (non-hydrogen) atoms. The summed E-state index contributed by atoms with van der Waals surface area (Å²) >= 11 is 0. The number of halogens is 3. The fourth-order valence-corrected chi connectivity index (χ4v) is 1.54. The molecule has 102 valence electrons. The number of nitrogens with zero attached hydrogens (tertiary/aromatic N) is 3. The monoisotopic (exact) mass is 262 g/mol. The predicted molar refractivity (Wildman–Crippen MR) is 63.2 cm³/mol. The van der Waals surface area contributed by atoms with Gasteiger partial charge < -0.3 is 10.6 Å². The average Bonchev–Trinajstić information content (AvgIpc) is 2.33. The van der Waals surface area contributed by atoms with Crippen LogP contribution in [-0.4, -0.2) is 29.8 Å². The zero-order valence-electron chi connectivity index (χ0n) is 10.2. The molecule has 0 atom stereocenters. The summed E-state index contributed by atoms with van der Waals surface area (Å²) < 4.78 is 37.0. The second-order valence-electron chi connectivity index (χ2n) is 3.90. The van der Waals surface area contributed by atoms with Crippen LogP contribution in [0.3, 0.4) is 0 Å². The molecular weight excluding hydrogens is 245 g/mol. The molecule has 0 fully saturated rings. The van der Waals surface area contributed by atoms with E-state index in [1.54, 1.807) is 0 Å². The topological polar surface area (TPSA) is 55.0 Å². The summed E-state index contributed by atoms with van der Waals surface area (Å²) in [6.45, 7) is 3.92. The molecule has 0 saturated carbocycles. The van der Waals surface area contributed by atoms with Crippen LogP contribution in [0.1, 0.15) is 25.5 Å². The summed E-state index contributed by atoms with van der Waals surface area (Å²) in [4.78, 5) is 1.89. The zero-order valence-corrected chi connectivity index (χ0v) is 10.2. The molecule has 0 aromatic carbocycles. The van der Waals surface area contributed by atoms with E-state index in [2.05, 4.69) is 10.2 Å². The van der Waals surface area contributed by atoms with Crippen LogP contribution in [0, 0.1) is 0 Å². The van der Waals surface area contributed by atoms with Crippen LogP contribution < -0.4 is 10.6 Å². The second-order valence-corrected chi connectivity index (χ2v) is 3.90. The van der Waals surface area contributed by atoms with Gasteiger partial charge >= 0.3 is 6.18 Å². The molecular formula is C11H17F3N4. The molecule has 0 aliphatic carbocycles. The molecule has 0 aliphatic rings. The van der Waals surface area contributed by atoms with Crippen molar-refractivity contribution in [1.29, 1.82) is 0 Å². The molecule has 1 aromatic rings. The fraction of sp³-hybridized carbons (Fsp3) is 0.636. The van der Waals surface area contributed by atoms with E-state index in [9.17, 15) is 13.2 Å². The van der Waals surface area contributed by atoms with Gasteiger partial charge in [-0.05, 0) is 31.5 Å². The Morgan fingerprint density at radius 1 is 1.22 bits per heavy atom. The third-order valence-electron chi connectivity index (χ3n) is 2.39. The Labute approximate surface area is 104 Å².